The maximum absolute atomic E-state index is 11.4. The summed E-state index contributed by atoms with van der Waals surface area (Å²) < 4.78 is 7.15. The summed E-state index contributed by atoms with van der Waals surface area (Å²) in [7, 11) is 1.29. The minimum atomic E-state index is -0.580. The fraction of sp³-hybridized carbons (Fsp3) is 0.0909. The fourth-order valence-corrected chi connectivity index (χ4v) is 3.01. The number of thiophene rings is 1. The average Bonchev–Trinajstić information content (AvgIpc) is 3.03. The Morgan fingerprint density at radius 1 is 1.42 bits per heavy atom. The van der Waals surface area contributed by atoms with Gasteiger partial charge in [-0.25, -0.2) is 9.78 Å². The highest BCUT2D eigenvalue weighted by Crippen LogP contribution is 2.30. The molecule has 3 aromatic rings. The largest absolute Gasteiger partial charge is 0.463 e. The van der Waals surface area contributed by atoms with Crippen LogP contribution in [0.25, 0.3) is 16.3 Å². The quantitative estimate of drug-likeness (QED) is 0.671. The van der Waals surface area contributed by atoms with E-state index in [0.717, 1.165) is 14.4 Å². The van der Waals surface area contributed by atoms with E-state index in [0.29, 0.717) is 5.78 Å². The second kappa shape index (κ2) is 4.71. The lowest BCUT2D eigenvalue weighted by molar-refractivity contribution is 0.0587. The number of rotatable bonds is 2. The van der Waals surface area contributed by atoms with Crippen molar-refractivity contribution in [3.8, 4) is 10.6 Å². The van der Waals surface area contributed by atoms with E-state index in [1.165, 1.54) is 11.6 Å². The van der Waals surface area contributed by atoms with Crippen molar-refractivity contribution in [2.24, 2.45) is 0 Å². The monoisotopic (exact) mass is 338 g/mol. The minimum Gasteiger partial charge on any atom is -0.463 e. The number of carbonyl (C=O) groups excluding carboxylic acids is 1. The van der Waals surface area contributed by atoms with Crippen LogP contribution in [0.5, 0.6) is 0 Å². The molecule has 0 unspecified atom stereocenters. The maximum Gasteiger partial charge on any atom is 0.378 e. The molecule has 0 fully saturated rings. The van der Waals surface area contributed by atoms with E-state index in [1.54, 1.807) is 17.5 Å². The molecule has 0 spiro atoms. The lowest BCUT2D eigenvalue weighted by Gasteiger charge is -1.99. The van der Waals surface area contributed by atoms with Gasteiger partial charge in [-0.1, -0.05) is 0 Å². The molecule has 0 atom stereocenters. The number of esters is 1. The molecule has 3 rings (SSSR count). The van der Waals surface area contributed by atoms with Crippen molar-refractivity contribution in [1.82, 2.24) is 19.6 Å². The van der Waals surface area contributed by atoms with Crippen LogP contribution in [0.4, 0.5) is 0 Å². The van der Waals surface area contributed by atoms with Gasteiger partial charge >= 0.3 is 5.97 Å². The summed E-state index contributed by atoms with van der Waals surface area (Å²) in [6.45, 7) is 0. The number of carbonyl (C=O) groups is 1. The molecule has 0 saturated carbocycles. The Bertz CT molecular complexity index is 767. The first-order valence-electron chi connectivity index (χ1n) is 5.25. The van der Waals surface area contributed by atoms with Crippen LogP contribution in [0.15, 0.2) is 28.2 Å². The molecule has 0 aromatic carbocycles. The Kier molecular flexibility index (Phi) is 3.03. The van der Waals surface area contributed by atoms with Crippen LogP contribution < -0.4 is 0 Å². The van der Waals surface area contributed by atoms with Crippen LogP contribution in [0.3, 0.4) is 0 Å². The summed E-state index contributed by atoms with van der Waals surface area (Å²) in [5.41, 5.74) is 0.823. The number of ether oxygens (including phenoxy) is 1. The van der Waals surface area contributed by atoms with Crippen LogP contribution in [0, 0.1) is 0 Å². The van der Waals surface area contributed by atoms with E-state index in [2.05, 4.69) is 35.7 Å². The van der Waals surface area contributed by atoms with Gasteiger partial charge in [-0.3, -0.25) is 0 Å². The lowest BCUT2D eigenvalue weighted by atomic mass is 10.3. The van der Waals surface area contributed by atoms with E-state index in [4.69, 9.17) is 0 Å². The number of hydrogen-bond acceptors (Lipinski definition) is 6. The van der Waals surface area contributed by atoms with Gasteiger partial charge in [-0.05, 0) is 34.1 Å². The molecule has 0 N–H and O–H groups in total. The highest BCUT2D eigenvalue weighted by atomic mass is 79.9. The van der Waals surface area contributed by atoms with E-state index in [-0.39, 0.29) is 5.82 Å². The molecule has 96 valence electrons. The third kappa shape index (κ3) is 2.13. The Labute approximate surface area is 120 Å². The highest BCUT2D eigenvalue weighted by molar-refractivity contribution is 9.11. The molecule has 0 radical (unpaired) electrons. The summed E-state index contributed by atoms with van der Waals surface area (Å²) in [6.07, 6.45) is 1.63. The Balaban J connectivity index is 2.20. The van der Waals surface area contributed by atoms with Crippen LogP contribution in [0.1, 0.15) is 10.6 Å². The highest BCUT2D eigenvalue weighted by Gasteiger charge is 2.16. The molecule has 6 nitrogen and oxygen atoms in total. The fourth-order valence-electron chi connectivity index (χ4n) is 1.61. The molecule has 3 heterocycles. The van der Waals surface area contributed by atoms with Crippen LogP contribution >= 0.6 is 27.3 Å². The maximum atomic E-state index is 11.4. The van der Waals surface area contributed by atoms with Gasteiger partial charge in [0.2, 0.25) is 0 Å². The summed E-state index contributed by atoms with van der Waals surface area (Å²) in [5.74, 6) is -0.218. The SMILES string of the molecule is COC(=O)c1nc2nccc(-c3ccc(Br)s3)n2n1. The molecule has 0 saturated heterocycles. The summed E-state index contributed by atoms with van der Waals surface area (Å²) in [6, 6.07) is 5.73. The van der Waals surface area contributed by atoms with Gasteiger partial charge in [-0.2, -0.15) is 9.50 Å². The first kappa shape index (κ1) is 12.2. The second-order valence-corrected chi connectivity index (χ2v) is 6.04. The van der Waals surface area contributed by atoms with Crippen LogP contribution in [0.2, 0.25) is 0 Å². The average molecular weight is 339 g/mol. The third-order valence-electron chi connectivity index (χ3n) is 2.43. The van der Waals surface area contributed by atoms with Crippen LogP contribution in [-0.4, -0.2) is 32.7 Å². The summed E-state index contributed by atoms with van der Waals surface area (Å²) >= 11 is 4.98. The molecule has 19 heavy (non-hydrogen) atoms. The molecular weight excluding hydrogens is 332 g/mol. The number of methoxy groups -OCH3 is 1. The standard InChI is InChI=1S/C11H7BrN4O2S/c1-18-10(17)9-14-11-13-5-4-6(16(11)15-9)7-2-3-8(12)19-7/h2-5H,1H3. The van der Waals surface area contributed by atoms with Crippen molar-refractivity contribution in [3.05, 3.63) is 34.0 Å². The van der Waals surface area contributed by atoms with Gasteiger partial charge < -0.3 is 4.74 Å². The van der Waals surface area contributed by atoms with Gasteiger partial charge in [0, 0.05) is 6.20 Å². The van der Waals surface area contributed by atoms with Gasteiger partial charge in [-0.15, -0.1) is 16.4 Å². The topological polar surface area (TPSA) is 69.4 Å². The van der Waals surface area contributed by atoms with Gasteiger partial charge in [0.25, 0.3) is 11.6 Å². The Morgan fingerprint density at radius 3 is 2.95 bits per heavy atom. The van der Waals surface area contributed by atoms with E-state index in [9.17, 15) is 4.79 Å². The molecule has 0 aliphatic heterocycles. The first-order valence-corrected chi connectivity index (χ1v) is 6.86. The molecule has 8 heteroatoms. The molecule has 0 aliphatic rings. The van der Waals surface area contributed by atoms with Crippen molar-refractivity contribution in [2.75, 3.05) is 7.11 Å². The van der Waals surface area contributed by atoms with Gasteiger partial charge in [0.15, 0.2) is 0 Å². The van der Waals surface area contributed by atoms with Crippen molar-refractivity contribution in [1.29, 1.82) is 0 Å². The van der Waals surface area contributed by atoms with Crippen molar-refractivity contribution < 1.29 is 9.53 Å². The van der Waals surface area contributed by atoms with Gasteiger partial charge in [0.05, 0.1) is 21.5 Å². The zero-order valence-electron chi connectivity index (χ0n) is 9.70. The predicted octanol–water partition coefficient (Wildman–Crippen LogP) is 2.40. The number of aromatic nitrogens is 4. The third-order valence-corrected chi connectivity index (χ3v) is 4.08. The van der Waals surface area contributed by atoms with Gasteiger partial charge in [0.1, 0.15) is 0 Å². The van der Waals surface area contributed by atoms with E-state index < -0.39 is 5.97 Å². The van der Waals surface area contributed by atoms with E-state index >= 15 is 0 Å². The normalized spacial score (nSPS) is 10.8. The van der Waals surface area contributed by atoms with Crippen molar-refractivity contribution in [2.45, 2.75) is 0 Å². The molecule has 0 bridgehead atoms. The molecular formula is C11H7BrN4O2S. The lowest BCUT2D eigenvalue weighted by Crippen LogP contribution is -2.04. The number of fused-ring (bicyclic) bond motifs is 1. The molecule has 0 aliphatic carbocycles. The summed E-state index contributed by atoms with van der Waals surface area (Å²) in [5, 5.41) is 4.13. The van der Waals surface area contributed by atoms with E-state index in [1.807, 2.05) is 18.2 Å². The Hall–Kier alpha value is -1.80. The first-order chi connectivity index (χ1) is 9.19. The number of halogens is 1. The second-order valence-electron chi connectivity index (χ2n) is 3.57. The number of hydrogen-bond donors (Lipinski definition) is 0. The zero-order valence-corrected chi connectivity index (χ0v) is 12.1. The molecule has 0 amide bonds. The zero-order chi connectivity index (χ0) is 13.4. The summed E-state index contributed by atoms with van der Waals surface area (Å²) in [4.78, 5) is 20.6. The number of nitrogens with zero attached hydrogens (tertiary/aromatic N) is 4. The van der Waals surface area contributed by atoms with Crippen molar-refractivity contribution in [3.63, 3.8) is 0 Å². The van der Waals surface area contributed by atoms with Crippen molar-refractivity contribution >= 4 is 39.0 Å². The smallest absolute Gasteiger partial charge is 0.378 e. The predicted molar refractivity (Wildman–Crippen MR) is 73.1 cm³/mol. The Morgan fingerprint density at radius 2 is 2.26 bits per heavy atom. The minimum absolute atomic E-state index is 0.00179. The molecule has 3 aromatic heterocycles. The van der Waals surface area contributed by atoms with Crippen LogP contribution in [-0.2, 0) is 4.74 Å².